The molecule has 196 valence electrons. The number of methoxy groups -OCH3 is 1. The third-order valence-corrected chi connectivity index (χ3v) is 6.00. The maximum Gasteiger partial charge on any atom is 0.338 e. The van der Waals surface area contributed by atoms with Gasteiger partial charge in [0.2, 0.25) is 11.7 Å². The van der Waals surface area contributed by atoms with Gasteiger partial charge in [-0.15, -0.1) is 0 Å². The third kappa shape index (κ3) is 6.83. The molecular weight excluding hydrogens is 488 g/mol. The Morgan fingerprint density at radius 1 is 0.974 bits per heavy atom. The summed E-state index contributed by atoms with van der Waals surface area (Å²) in [5.41, 5.74) is 2.00. The molecule has 2 amide bonds. The normalized spacial score (nSPS) is 15.0. The number of nitrogens with zero attached hydrogens (tertiary/aromatic N) is 1. The van der Waals surface area contributed by atoms with Gasteiger partial charge in [-0.3, -0.25) is 14.4 Å². The van der Waals surface area contributed by atoms with E-state index in [1.165, 1.54) is 19.2 Å². The molecule has 1 unspecified atom stereocenters. The van der Waals surface area contributed by atoms with Crippen LogP contribution in [0, 0.1) is 0 Å². The van der Waals surface area contributed by atoms with E-state index in [-0.39, 0.29) is 29.6 Å². The van der Waals surface area contributed by atoms with Gasteiger partial charge >= 0.3 is 5.97 Å². The summed E-state index contributed by atoms with van der Waals surface area (Å²) in [6.07, 6.45) is -0.985. The Bertz CT molecular complexity index is 1290. The minimum atomic E-state index is -0.859. The SMILES string of the molecule is COc1ccccc1C(=O)COC(=O)c1ccc(NC(=O)CC2OCCN(Cc3ccccc3)C2=O)cc1. The number of carbonyl (C=O) groups excluding carboxylic acids is 4. The van der Waals surface area contributed by atoms with Crippen molar-refractivity contribution in [1.82, 2.24) is 4.90 Å². The molecule has 1 saturated heterocycles. The lowest BCUT2D eigenvalue weighted by Crippen LogP contribution is -2.48. The van der Waals surface area contributed by atoms with Crippen LogP contribution >= 0.6 is 0 Å². The molecule has 9 nitrogen and oxygen atoms in total. The van der Waals surface area contributed by atoms with Gasteiger partial charge in [-0.1, -0.05) is 42.5 Å². The van der Waals surface area contributed by atoms with E-state index in [0.717, 1.165) is 5.56 Å². The highest BCUT2D eigenvalue weighted by Crippen LogP contribution is 2.19. The molecule has 0 radical (unpaired) electrons. The molecule has 1 fully saturated rings. The largest absolute Gasteiger partial charge is 0.496 e. The minimum absolute atomic E-state index is 0.126. The first-order valence-corrected chi connectivity index (χ1v) is 12.1. The Morgan fingerprint density at radius 2 is 1.68 bits per heavy atom. The lowest BCUT2D eigenvalue weighted by atomic mass is 10.1. The molecule has 0 bridgehead atoms. The fourth-order valence-electron chi connectivity index (χ4n) is 4.03. The monoisotopic (exact) mass is 516 g/mol. The molecule has 1 heterocycles. The molecule has 0 aromatic heterocycles. The highest BCUT2D eigenvalue weighted by Gasteiger charge is 2.31. The average Bonchev–Trinajstić information content (AvgIpc) is 2.94. The van der Waals surface area contributed by atoms with E-state index >= 15 is 0 Å². The number of benzene rings is 3. The van der Waals surface area contributed by atoms with E-state index in [1.807, 2.05) is 30.3 Å². The molecule has 0 aliphatic carbocycles. The second kappa shape index (κ2) is 12.6. The molecular formula is C29H28N2O7. The van der Waals surface area contributed by atoms with Crippen molar-refractivity contribution in [3.63, 3.8) is 0 Å². The summed E-state index contributed by atoms with van der Waals surface area (Å²) in [4.78, 5) is 51.8. The van der Waals surface area contributed by atoms with Gasteiger partial charge in [0.15, 0.2) is 6.61 Å². The number of esters is 1. The first-order valence-electron chi connectivity index (χ1n) is 12.1. The molecule has 1 aliphatic heterocycles. The van der Waals surface area contributed by atoms with E-state index in [1.54, 1.807) is 41.3 Å². The number of Topliss-reactive ketones (excluding diaryl/α,β-unsaturated/α-hetero) is 1. The Kier molecular flexibility index (Phi) is 8.84. The molecule has 1 N–H and O–H groups in total. The van der Waals surface area contributed by atoms with Gasteiger partial charge in [-0.2, -0.15) is 0 Å². The van der Waals surface area contributed by atoms with Gasteiger partial charge in [0, 0.05) is 18.8 Å². The van der Waals surface area contributed by atoms with Crippen molar-refractivity contribution >= 4 is 29.3 Å². The van der Waals surface area contributed by atoms with Crippen molar-refractivity contribution in [1.29, 1.82) is 0 Å². The number of ketones is 1. The summed E-state index contributed by atoms with van der Waals surface area (Å²) in [6, 6.07) is 22.4. The number of ether oxygens (including phenoxy) is 3. The maximum atomic E-state index is 12.8. The number of hydrogen-bond acceptors (Lipinski definition) is 7. The lowest BCUT2D eigenvalue weighted by Gasteiger charge is -2.32. The highest BCUT2D eigenvalue weighted by molar-refractivity contribution is 6.01. The maximum absolute atomic E-state index is 12.8. The van der Waals surface area contributed by atoms with Gasteiger partial charge in [0.25, 0.3) is 5.91 Å². The van der Waals surface area contributed by atoms with Crippen LogP contribution in [0.1, 0.15) is 32.7 Å². The zero-order valence-electron chi connectivity index (χ0n) is 20.9. The van der Waals surface area contributed by atoms with Crippen molar-refractivity contribution < 1.29 is 33.4 Å². The summed E-state index contributed by atoms with van der Waals surface area (Å²) < 4.78 is 15.9. The van der Waals surface area contributed by atoms with Crippen molar-refractivity contribution in [3.8, 4) is 5.75 Å². The number of anilines is 1. The molecule has 0 saturated carbocycles. The van der Waals surface area contributed by atoms with Crippen LogP contribution in [-0.4, -0.2) is 61.4 Å². The first-order chi connectivity index (χ1) is 18.4. The summed E-state index contributed by atoms with van der Waals surface area (Å²) in [5.74, 6) is -1.27. The third-order valence-electron chi connectivity index (χ3n) is 6.00. The Balaban J connectivity index is 1.26. The number of rotatable bonds is 10. The molecule has 4 rings (SSSR count). The Labute approximate surface area is 220 Å². The molecule has 9 heteroatoms. The standard InChI is InChI=1S/C29H28N2O7/c1-36-25-10-6-5-9-23(25)24(32)19-38-29(35)21-11-13-22(14-12-21)30-27(33)17-26-28(34)31(15-16-37-26)18-20-7-3-2-4-8-20/h2-14,26H,15-19H2,1H3,(H,30,33). The summed E-state index contributed by atoms with van der Waals surface area (Å²) in [7, 11) is 1.46. The predicted molar refractivity (Wildman–Crippen MR) is 139 cm³/mol. The molecule has 3 aromatic rings. The predicted octanol–water partition coefficient (Wildman–Crippen LogP) is 3.49. The smallest absolute Gasteiger partial charge is 0.338 e. The van der Waals surface area contributed by atoms with E-state index in [9.17, 15) is 19.2 Å². The van der Waals surface area contributed by atoms with Crippen LogP contribution < -0.4 is 10.1 Å². The van der Waals surface area contributed by atoms with Crippen LogP contribution in [0.5, 0.6) is 5.75 Å². The second-order valence-electron chi connectivity index (χ2n) is 8.63. The van der Waals surface area contributed by atoms with Crippen LogP contribution in [-0.2, 0) is 25.6 Å². The second-order valence-corrected chi connectivity index (χ2v) is 8.63. The average molecular weight is 517 g/mol. The van der Waals surface area contributed by atoms with Crippen LogP contribution in [0.3, 0.4) is 0 Å². The van der Waals surface area contributed by atoms with Gasteiger partial charge in [-0.05, 0) is 42.0 Å². The van der Waals surface area contributed by atoms with Gasteiger partial charge in [0.1, 0.15) is 11.9 Å². The van der Waals surface area contributed by atoms with Crippen LogP contribution in [0.15, 0.2) is 78.9 Å². The Morgan fingerprint density at radius 3 is 2.42 bits per heavy atom. The van der Waals surface area contributed by atoms with Crippen molar-refractivity contribution in [2.75, 3.05) is 32.2 Å². The fourth-order valence-corrected chi connectivity index (χ4v) is 4.03. The summed E-state index contributed by atoms with van der Waals surface area (Å²) in [6.45, 7) is 0.846. The van der Waals surface area contributed by atoms with Crippen LogP contribution in [0.2, 0.25) is 0 Å². The number of hydrogen-bond donors (Lipinski definition) is 1. The van der Waals surface area contributed by atoms with Crippen molar-refractivity contribution in [3.05, 3.63) is 95.6 Å². The van der Waals surface area contributed by atoms with E-state index in [2.05, 4.69) is 5.32 Å². The number of morpholine rings is 1. The summed E-state index contributed by atoms with van der Waals surface area (Å²) in [5, 5.41) is 2.72. The van der Waals surface area contributed by atoms with Crippen molar-refractivity contribution in [2.45, 2.75) is 19.1 Å². The zero-order valence-corrected chi connectivity index (χ0v) is 20.9. The van der Waals surface area contributed by atoms with Crippen molar-refractivity contribution in [2.24, 2.45) is 0 Å². The van der Waals surface area contributed by atoms with Crippen LogP contribution in [0.4, 0.5) is 5.69 Å². The number of amides is 2. The molecule has 1 aliphatic rings. The fraction of sp³-hybridized carbons (Fsp3) is 0.241. The van der Waals surface area contributed by atoms with Crippen LogP contribution in [0.25, 0.3) is 0 Å². The number of para-hydroxylation sites is 1. The van der Waals surface area contributed by atoms with E-state index < -0.39 is 18.7 Å². The molecule has 3 aromatic carbocycles. The molecule has 1 atom stereocenters. The summed E-state index contributed by atoms with van der Waals surface area (Å²) >= 11 is 0. The highest BCUT2D eigenvalue weighted by atomic mass is 16.5. The Hall–Kier alpha value is -4.50. The number of carbonyl (C=O) groups is 4. The molecule has 0 spiro atoms. The first kappa shape index (κ1) is 26.6. The van der Waals surface area contributed by atoms with Gasteiger partial charge < -0.3 is 24.4 Å². The lowest BCUT2D eigenvalue weighted by molar-refractivity contribution is -0.155. The van der Waals surface area contributed by atoms with E-state index in [0.29, 0.717) is 36.7 Å². The minimum Gasteiger partial charge on any atom is -0.496 e. The van der Waals surface area contributed by atoms with E-state index in [4.69, 9.17) is 14.2 Å². The zero-order chi connectivity index (χ0) is 26.9. The van der Waals surface area contributed by atoms with Gasteiger partial charge in [-0.25, -0.2) is 4.79 Å². The quantitative estimate of drug-likeness (QED) is 0.324. The topological polar surface area (TPSA) is 111 Å². The van der Waals surface area contributed by atoms with Gasteiger partial charge in [0.05, 0.1) is 31.3 Å². The molecule has 38 heavy (non-hydrogen) atoms. The number of nitrogens with one attached hydrogen (secondary N) is 1.